The Bertz CT molecular complexity index is 331. The van der Waals surface area contributed by atoms with Gasteiger partial charge in [0.05, 0.1) is 5.69 Å². The number of aromatic nitrogens is 1. The van der Waals surface area contributed by atoms with Gasteiger partial charge in [0.2, 0.25) is 5.76 Å². The van der Waals surface area contributed by atoms with Crippen molar-refractivity contribution in [2.75, 3.05) is 6.54 Å². The minimum atomic E-state index is -1.11. The molecule has 0 atom stereocenters. The maximum Gasteiger partial charge on any atom is 0.322 e. The molecule has 0 saturated carbocycles. The fourth-order valence-electron chi connectivity index (χ4n) is 0.756. The highest BCUT2D eigenvalue weighted by Crippen LogP contribution is 2.03. The highest BCUT2D eigenvalue weighted by Gasteiger charge is 2.13. The minimum Gasteiger partial charge on any atom is -0.480 e. The number of nitrogens with one attached hydrogen (secondary N) is 1. The van der Waals surface area contributed by atoms with Gasteiger partial charge in [-0.3, -0.25) is 9.59 Å². The zero-order chi connectivity index (χ0) is 9.84. The summed E-state index contributed by atoms with van der Waals surface area (Å²) in [6.07, 6.45) is 1.13. The number of hydrogen-bond acceptors (Lipinski definition) is 4. The number of aryl methyl sites for hydroxylation is 1. The Morgan fingerprint density at radius 3 is 2.85 bits per heavy atom. The average Bonchev–Trinajstić information content (AvgIpc) is 2.47. The third kappa shape index (κ3) is 2.29. The lowest BCUT2D eigenvalue weighted by molar-refractivity contribution is -0.135. The molecular weight excluding hydrogens is 176 g/mol. The van der Waals surface area contributed by atoms with Crippen LogP contribution in [0.2, 0.25) is 0 Å². The summed E-state index contributed by atoms with van der Waals surface area (Å²) >= 11 is 0. The van der Waals surface area contributed by atoms with Crippen LogP contribution in [0, 0.1) is 6.92 Å². The lowest BCUT2D eigenvalue weighted by Gasteiger charge is -1.98. The van der Waals surface area contributed by atoms with Gasteiger partial charge in [0.1, 0.15) is 6.54 Å². The standard InChI is InChI=1S/C7H8N2O4/c1-4-6(13-3-9-4)7(12)8-2-5(10)11/h3H,2H2,1H3,(H,8,12)(H,10,11). The largest absolute Gasteiger partial charge is 0.480 e. The lowest BCUT2D eigenvalue weighted by atomic mass is 10.3. The van der Waals surface area contributed by atoms with Gasteiger partial charge in [-0.05, 0) is 6.92 Å². The van der Waals surface area contributed by atoms with Crippen molar-refractivity contribution in [3.05, 3.63) is 17.8 Å². The Kier molecular flexibility index (Phi) is 2.63. The van der Waals surface area contributed by atoms with Gasteiger partial charge < -0.3 is 14.8 Å². The number of carbonyl (C=O) groups excluding carboxylic acids is 1. The number of carboxylic acid groups (broad SMARTS) is 1. The molecule has 0 aliphatic carbocycles. The van der Waals surface area contributed by atoms with Gasteiger partial charge in [-0.15, -0.1) is 0 Å². The lowest BCUT2D eigenvalue weighted by Crippen LogP contribution is -2.29. The van der Waals surface area contributed by atoms with E-state index in [-0.39, 0.29) is 5.76 Å². The van der Waals surface area contributed by atoms with Crippen molar-refractivity contribution in [1.29, 1.82) is 0 Å². The van der Waals surface area contributed by atoms with E-state index in [4.69, 9.17) is 9.52 Å². The number of carbonyl (C=O) groups is 2. The smallest absolute Gasteiger partial charge is 0.322 e. The molecule has 70 valence electrons. The van der Waals surface area contributed by atoms with Crippen molar-refractivity contribution in [1.82, 2.24) is 10.3 Å². The van der Waals surface area contributed by atoms with Crippen molar-refractivity contribution in [3.8, 4) is 0 Å². The van der Waals surface area contributed by atoms with Crippen LogP contribution >= 0.6 is 0 Å². The predicted octanol–water partition coefficient (Wildman–Crippen LogP) is -0.203. The first kappa shape index (κ1) is 9.24. The molecule has 0 bridgehead atoms. The third-order valence-corrected chi connectivity index (χ3v) is 1.35. The normalized spacial score (nSPS) is 9.62. The van der Waals surface area contributed by atoms with E-state index in [9.17, 15) is 9.59 Å². The van der Waals surface area contributed by atoms with Gasteiger partial charge in [-0.25, -0.2) is 4.98 Å². The first-order valence-electron chi connectivity index (χ1n) is 3.51. The summed E-state index contributed by atoms with van der Waals surface area (Å²) in [5.41, 5.74) is 0.433. The third-order valence-electron chi connectivity index (χ3n) is 1.35. The van der Waals surface area contributed by atoms with Gasteiger partial charge in [0, 0.05) is 0 Å². The molecule has 1 heterocycles. The Balaban J connectivity index is 2.59. The van der Waals surface area contributed by atoms with E-state index in [2.05, 4.69) is 10.3 Å². The highest BCUT2D eigenvalue weighted by molar-refractivity contribution is 5.94. The Morgan fingerprint density at radius 2 is 2.38 bits per heavy atom. The van der Waals surface area contributed by atoms with Crippen molar-refractivity contribution in [2.45, 2.75) is 6.92 Å². The second kappa shape index (κ2) is 3.70. The first-order valence-corrected chi connectivity index (χ1v) is 3.51. The fourth-order valence-corrected chi connectivity index (χ4v) is 0.756. The Labute approximate surface area is 73.6 Å². The van der Waals surface area contributed by atoms with Gasteiger partial charge in [0.25, 0.3) is 5.91 Å². The van der Waals surface area contributed by atoms with Gasteiger partial charge >= 0.3 is 5.97 Å². The summed E-state index contributed by atoms with van der Waals surface area (Å²) in [5.74, 6) is -1.64. The summed E-state index contributed by atoms with van der Waals surface area (Å²) in [7, 11) is 0. The molecule has 0 radical (unpaired) electrons. The van der Waals surface area contributed by atoms with Crippen LogP contribution in [-0.4, -0.2) is 28.5 Å². The SMILES string of the molecule is Cc1ncoc1C(=O)NCC(=O)O. The van der Waals surface area contributed by atoms with Crippen LogP contribution in [0.1, 0.15) is 16.2 Å². The molecule has 2 N–H and O–H groups in total. The zero-order valence-electron chi connectivity index (χ0n) is 6.90. The van der Waals surface area contributed by atoms with E-state index in [1.165, 1.54) is 0 Å². The summed E-state index contributed by atoms with van der Waals surface area (Å²) in [5, 5.41) is 10.4. The molecule has 0 aliphatic heterocycles. The van der Waals surface area contributed by atoms with E-state index in [1.807, 2.05) is 0 Å². The van der Waals surface area contributed by atoms with Crippen LogP contribution in [-0.2, 0) is 4.79 Å². The molecule has 6 nitrogen and oxygen atoms in total. The van der Waals surface area contributed by atoms with Crippen molar-refractivity contribution in [2.24, 2.45) is 0 Å². The number of hydrogen-bond donors (Lipinski definition) is 2. The van der Waals surface area contributed by atoms with Crippen molar-refractivity contribution in [3.63, 3.8) is 0 Å². The van der Waals surface area contributed by atoms with Crippen LogP contribution in [0.3, 0.4) is 0 Å². The van der Waals surface area contributed by atoms with E-state index >= 15 is 0 Å². The Hall–Kier alpha value is -1.85. The molecule has 1 aromatic rings. The van der Waals surface area contributed by atoms with Crippen molar-refractivity contribution < 1.29 is 19.1 Å². The minimum absolute atomic E-state index is 0.0428. The maximum absolute atomic E-state index is 11.1. The fraction of sp³-hybridized carbons (Fsp3) is 0.286. The molecule has 13 heavy (non-hydrogen) atoms. The summed E-state index contributed by atoms with van der Waals surface area (Å²) < 4.78 is 4.74. The quantitative estimate of drug-likeness (QED) is 0.678. The summed E-state index contributed by atoms with van der Waals surface area (Å²) in [4.78, 5) is 24.9. The van der Waals surface area contributed by atoms with E-state index in [0.29, 0.717) is 5.69 Å². The number of carboxylic acids is 1. The molecule has 0 spiro atoms. The van der Waals surface area contributed by atoms with E-state index < -0.39 is 18.4 Å². The van der Waals surface area contributed by atoms with E-state index in [1.54, 1.807) is 6.92 Å². The first-order chi connectivity index (χ1) is 6.11. The molecular formula is C7H8N2O4. The summed E-state index contributed by atoms with van der Waals surface area (Å²) in [6.45, 7) is 1.16. The molecule has 0 saturated heterocycles. The van der Waals surface area contributed by atoms with Crippen LogP contribution in [0.15, 0.2) is 10.8 Å². The van der Waals surface area contributed by atoms with Crippen LogP contribution in [0.5, 0.6) is 0 Å². The number of oxazole rings is 1. The molecule has 6 heteroatoms. The topological polar surface area (TPSA) is 92.4 Å². The molecule has 0 aliphatic rings. The molecule has 0 fully saturated rings. The van der Waals surface area contributed by atoms with Gasteiger partial charge in [0.15, 0.2) is 6.39 Å². The maximum atomic E-state index is 11.1. The molecule has 1 amide bonds. The Morgan fingerprint density at radius 1 is 1.69 bits per heavy atom. The van der Waals surface area contributed by atoms with Crippen LogP contribution in [0.4, 0.5) is 0 Å². The number of nitrogens with zero attached hydrogens (tertiary/aromatic N) is 1. The van der Waals surface area contributed by atoms with Gasteiger partial charge in [-0.1, -0.05) is 0 Å². The number of amides is 1. The summed E-state index contributed by atoms with van der Waals surface area (Å²) in [6, 6.07) is 0. The van der Waals surface area contributed by atoms with Gasteiger partial charge in [-0.2, -0.15) is 0 Å². The zero-order valence-corrected chi connectivity index (χ0v) is 6.90. The van der Waals surface area contributed by atoms with Crippen LogP contribution in [0.25, 0.3) is 0 Å². The second-order valence-electron chi connectivity index (χ2n) is 2.34. The van der Waals surface area contributed by atoms with Crippen molar-refractivity contribution >= 4 is 11.9 Å². The molecule has 0 aromatic carbocycles. The molecule has 1 rings (SSSR count). The highest BCUT2D eigenvalue weighted by atomic mass is 16.4. The second-order valence-corrected chi connectivity index (χ2v) is 2.34. The number of rotatable bonds is 3. The number of aliphatic carboxylic acids is 1. The molecule has 1 aromatic heterocycles. The van der Waals surface area contributed by atoms with E-state index in [0.717, 1.165) is 6.39 Å². The van der Waals surface area contributed by atoms with Crippen LogP contribution < -0.4 is 5.32 Å². The monoisotopic (exact) mass is 184 g/mol. The average molecular weight is 184 g/mol. The molecule has 0 unspecified atom stereocenters. The predicted molar refractivity (Wildman–Crippen MR) is 41.2 cm³/mol.